The lowest BCUT2D eigenvalue weighted by atomic mass is 9.82. The highest BCUT2D eigenvalue weighted by atomic mass is 32.2. The number of carbonyl (C=O) groups is 2. The van der Waals surface area contributed by atoms with E-state index in [0.29, 0.717) is 12.8 Å². The number of carboxylic acid groups (broad SMARTS) is 1. The van der Waals surface area contributed by atoms with E-state index in [4.69, 9.17) is 0 Å². The van der Waals surface area contributed by atoms with Gasteiger partial charge in [0.25, 0.3) is 0 Å². The average molecular weight is 305 g/mol. The lowest BCUT2D eigenvalue weighted by Gasteiger charge is -2.24. The van der Waals surface area contributed by atoms with Gasteiger partial charge in [-0.05, 0) is 30.7 Å². The number of hydrogen-bond donors (Lipinski definition) is 2. The summed E-state index contributed by atoms with van der Waals surface area (Å²) >= 11 is 1.65. The van der Waals surface area contributed by atoms with Crippen molar-refractivity contribution in [2.45, 2.75) is 24.7 Å². The number of amides is 1. The first kappa shape index (κ1) is 15.6. The normalized spacial score (nSPS) is 21.0. The molecule has 0 aromatic heterocycles. The van der Waals surface area contributed by atoms with E-state index >= 15 is 0 Å². The highest BCUT2D eigenvalue weighted by molar-refractivity contribution is 7.99. The molecule has 1 amide bonds. The van der Waals surface area contributed by atoms with Crippen LogP contribution in [0.3, 0.4) is 0 Å². The molecule has 0 saturated carbocycles. The van der Waals surface area contributed by atoms with Gasteiger partial charge in [-0.25, -0.2) is 0 Å². The van der Waals surface area contributed by atoms with E-state index in [1.807, 2.05) is 36.4 Å². The molecule has 21 heavy (non-hydrogen) atoms. The maximum Gasteiger partial charge on any atom is 0.307 e. The lowest BCUT2D eigenvalue weighted by Crippen LogP contribution is -2.34. The zero-order chi connectivity index (χ0) is 15.2. The van der Waals surface area contributed by atoms with E-state index in [1.165, 1.54) is 0 Å². The van der Waals surface area contributed by atoms with Gasteiger partial charge >= 0.3 is 5.97 Å². The molecule has 0 bridgehead atoms. The maximum atomic E-state index is 12.4. The molecule has 0 heterocycles. The number of hydrogen-bond acceptors (Lipinski definition) is 3. The number of anilines is 1. The fourth-order valence-electron chi connectivity index (χ4n) is 2.45. The molecule has 0 saturated heterocycles. The summed E-state index contributed by atoms with van der Waals surface area (Å²) in [6, 6.07) is 7.60. The van der Waals surface area contributed by atoms with Crippen LogP contribution in [0.25, 0.3) is 0 Å². The molecule has 5 heteroatoms. The smallest absolute Gasteiger partial charge is 0.307 e. The molecule has 1 aromatic rings. The lowest BCUT2D eigenvalue weighted by molar-refractivity contribution is -0.146. The van der Waals surface area contributed by atoms with Gasteiger partial charge in [0.1, 0.15) is 0 Å². The molecule has 0 spiro atoms. The second-order valence-corrected chi connectivity index (χ2v) is 6.22. The third kappa shape index (κ3) is 3.88. The van der Waals surface area contributed by atoms with Gasteiger partial charge in [0, 0.05) is 4.90 Å². The largest absolute Gasteiger partial charge is 0.481 e. The van der Waals surface area contributed by atoms with E-state index in [2.05, 4.69) is 12.2 Å². The van der Waals surface area contributed by atoms with Gasteiger partial charge in [-0.15, -0.1) is 11.8 Å². The Morgan fingerprint density at radius 3 is 2.57 bits per heavy atom. The van der Waals surface area contributed by atoms with E-state index in [0.717, 1.165) is 16.3 Å². The predicted octanol–water partition coefficient (Wildman–Crippen LogP) is 3.40. The fourth-order valence-corrected chi connectivity index (χ4v) is 3.21. The summed E-state index contributed by atoms with van der Waals surface area (Å²) in [6.45, 7) is 2.05. The third-order valence-electron chi connectivity index (χ3n) is 3.53. The van der Waals surface area contributed by atoms with Crippen LogP contribution in [-0.2, 0) is 9.59 Å². The number of carbonyl (C=O) groups excluding carboxylic acids is 1. The molecule has 2 atom stereocenters. The summed E-state index contributed by atoms with van der Waals surface area (Å²) in [5, 5.41) is 12.1. The minimum absolute atomic E-state index is 0.212. The summed E-state index contributed by atoms with van der Waals surface area (Å²) < 4.78 is 0. The number of rotatable bonds is 5. The molecule has 1 aromatic carbocycles. The summed E-state index contributed by atoms with van der Waals surface area (Å²) in [5.74, 6) is -1.35. The minimum Gasteiger partial charge on any atom is -0.481 e. The quantitative estimate of drug-likeness (QED) is 0.646. The van der Waals surface area contributed by atoms with Gasteiger partial charge < -0.3 is 10.4 Å². The van der Waals surface area contributed by atoms with Crippen LogP contribution in [0, 0.1) is 11.8 Å². The molecule has 0 aliphatic heterocycles. The van der Waals surface area contributed by atoms with Crippen LogP contribution in [0.15, 0.2) is 41.3 Å². The number of thioether (sulfide) groups is 1. The average Bonchev–Trinajstić information content (AvgIpc) is 2.49. The molecule has 2 N–H and O–H groups in total. The van der Waals surface area contributed by atoms with Crippen LogP contribution < -0.4 is 5.32 Å². The van der Waals surface area contributed by atoms with Crippen molar-refractivity contribution in [2.75, 3.05) is 11.1 Å². The molecule has 1 aliphatic carbocycles. The fraction of sp³-hybridized carbons (Fsp3) is 0.375. The van der Waals surface area contributed by atoms with Crippen LogP contribution in [0.1, 0.15) is 19.8 Å². The molecule has 112 valence electrons. The molecule has 2 unspecified atom stereocenters. The Morgan fingerprint density at radius 2 is 1.90 bits per heavy atom. The van der Waals surface area contributed by atoms with Gasteiger partial charge in [0.2, 0.25) is 5.91 Å². The first-order valence-electron chi connectivity index (χ1n) is 7.04. The standard InChI is InChI=1S/C16H19NO3S/c1-2-21-14-10-6-5-9-13(14)17-15(18)11-7-3-4-8-12(11)16(19)20/h3-6,9-12H,2,7-8H2,1H3,(H,17,18)(H,19,20). The zero-order valence-electron chi connectivity index (χ0n) is 11.9. The van der Waals surface area contributed by atoms with Crippen molar-refractivity contribution in [1.29, 1.82) is 0 Å². The van der Waals surface area contributed by atoms with Crippen molar-refractivity contribution in [3.8, 4) is 0 Å². The second kappa shape index (κ2) is 7.31. The first-order valence-corrected chi connectivity index (χ1v) is 8.02. The second-order valence-electron chi connectivity index (χ2n) is 4.91. The van der Waals surface area contributed by atoms with E-state index in [1.54, 1.807) is 11.8 Å². The zero-order valence-corrected chi connectivity index (χ0v) is 12.7. The Labute approximate surface area is 128 Å². The Kier molecular flexibility index (Phi) is 5.44. The third-order valence-corrected chi connectivity index (χ3v) is 4.49. The predicted molar refractivity (Wildman–Crippen MR) is 84.5 cm³/mol. The SMILES string of the molecule is CCSc1ccccc1NC(=O)C1CC=CCC1C(=O)O. The number of carboxylic acids is 1. The number of allylic oxidation sites excluding steroid dienone is 2. The van der Waals surface area contributed by atoms with E-state index in [-0.39, 0.29) is 5.91 Å². The Hall–Kier alpha value is -1.75. The van der Waals surface area contributed by atoms with Gasteiger partial charge in [0.15, 0.2) is 0 Å². The topological polar surface area (TPSA) is 66.4 Å². The Balaban J connectivity index is 2.14. The first-order chi connectivity index (χ1) is 10.1. The highest BCUT2D eigenvalue weighted by Crippen LogP contribution is 2.30. The number of para-hydroxylation sites is 1. The highest BCUT2D eigenvalue weighted by Gasteiger charge is 2.34. The van der Waals surface area contributed by atoms with Crippen molar-refractivity contribution in [3.05, 3.63) is 36.4 Å². The van der Waals surface area contributed by atoms with Gasteiger partial charge in [0.05, 0.1) is 17.5 Å². The molecule has 1 aliphatic rings. The number of nitrogens with one attached hydrogen (secondary N) is 1. The summed E-state index contributed by atoms with van der Waals surface area (Å²) in [4.78, 5) is 24.7. The van der Waals surface area contributed by atoms with Crippen molar-refractivity contribution in [1.82, 2.24) is 0 Å². The molecule has 0 fully saturated rings. The van der Waals surface area contributed by atoms with Crippen LogP contribution in [0.2, 0.25) is 0 Å². The van der Waals surface area contributed by atoms with E-state index < -0.39 is 17.8 Å². The van der Waals surface area contributed by atoms with Crippen LogP contribution in [0.5, 0.6) is 0 Å². The van der Waals surface area contributed by atoms with Crippen molar-refractivity contribution >= 4 is 29.3 Å². The van der Waals surface area contributed by atoms with Crippen molar-refractivity contribution < 1.29 is 14.7 Å². The number of aliphatic carboxylic acids is 1. The molecule has 2 rings (SSSR count). The van der Waals surface area contributed by atoms with Crippen LogP contribution >= 0.6 is 11.8 Å². The Bertz CT molecular complexity index is 556. The minimum atomic E-state index is -0.907. The summed E-state index contributed by atoms with van der Waals surface area (Å²) in [6.07, 6.45) is 4.62. The monoisotopic (exact) mass is 305 g/mol. The molecule has 4 nitrogen and oxygen atoms in total. The number of benzene rings is 1. The molecular weight excluding hydrogens is 286 g/mol. The van der Waals surface area contributed by atoms with Crippen LogP contribution in [0.4, 0.5) is 5.69 Å². The molecule has 0 radical (unpaired) electrons. The van der Waals surface area contributed by atoms with Gasteiger partial charge in [-0.3, -0.25) is 9.59 Å². The Morgan fingerprint density at radius 1 is 1.24 bits per heavy atom. The van der Waals surface area contributed by atoms with Crippen LogP contribution in [-0.4, -0.2) is 22.7 Å². The van der Waals surface area contributed by atoms with Crippen molar-refractivity contribution in [3.63, 3.8) is 0 Å². The summed E-state index contributed by atoms with van der Waals surface area (Å²) in [5.41, 5.74) is 0.757. The van der Waals surface area contributed by atoms with Gasteiger partial charge in [-0.2, -0.15) is 0 Å². The summed E-state index contributed by atoms with van der Waals surface area (Å²) in [7, 11) is 0. The van der Waals surface area contributed by atoms with Crippen molar-refractivity contribution in [2.24, 2.45) is 11.8 Å². The molecular formula is C16H19NO3S. The van der Waals surface area contributed by atoms with E-state index in [9.17, 15) is 14.7 Å². The van der Waals surface area contributed by atoms with Gasteiger partial charge in [-0.1, -0.05) is 31.2 Å². The maximum absolute atomic E-state index is 12.4.